The monoisotopic (exact) mass is 229 g/mol. The maximum atomic E-state index is 11.8. The van der Waals surface area contributed by atoms with Crippen LogP contribution in [0.4, 0.5) is 0 Å². The van der Waals surface area contributed by atoms with E-state index in [4.69, 9.17) is 4.74 Å². The number of methoxy groups -OCH3 is 1. The summed E-state index contributed by atoms with van der Waals surface area (Å²) in [6.45, 7) is 5.60. The molecule has 0 spiro atoms. The van der Waals surface area contributed by atoms with Crippen molar-refractivity contribution in [1.29, 1.82) is 0 Å². The summed E-state index contributed by atoms with van der Waals surface area (Å²) in [5, 5.41) is 9.96. The molecular weight excluding hydrogens is 206 g/mol. The van der Waals surface area contributed by atoms with E-state index in [2.05, 4.69) is 0 Å². The number of carbonyl (C=O) groups is 1. The van der Waals surface area contributed by atoms with E-state index in [0.717, 1.165) is 19.4 Å². The third-order valence-corrected chi connectivity index (χ3v) is 3.29. The third kappa shape index (κ3) is 3.76. The second kappa shape index (κ2) is 5.64. The first kappa shape index (κ1) is 13.5. The Hall–Kier alpha value is -0.610. The zero-order valence-electron chi connectivity index (χ0n) is 10.5. The summed E-state index contributed by atoms with van der Waals surface area (Å²) >= 11 is 0. The van der Waals surface area contributed by atoms with Crippen molar-refractivity contribution >= 4 is 5.91 Å². The first-order valence-corrected chi connectivity index (χ1v) is 5.94. The van der Waals surface area contributed by atoms with Crippen molar-refractivity contribution in [3.8, 4) is 0 Å². The second-order valence-corrected chi connectivity index (χ2v) is 5.08. The number of nitrogens with zero attached hydrogens (tertiary/aromatic N) is 1. The highest BCUT2D eigenvalue weighted by Gasteiger charge is 2.32. The number of hydrogen-bond donors (Lipinski definition) is 1. The highest BCUT2D eigenvalue weighted by atomic mass is 16.5. The molecule has 0 saturated carbocycles. The Bertz CT molecular complexity index is 235. The zero-order valence-corrected chi connectivity index (χ0v) is 10.5. The van der Waals surface area contributed by atoms with Crippen molar-refractivity contribution in [2.24, 2.45) is 5.92 Å². The van der Waals surface area contributed by atoms with Crippen LogP contribution in [0.25, 0.3) is 0 Å². The van der Waals surface area contributed by atoms with Crippen LogP contribution in [0.3, 0.4) is 0 Å². The molecule has 1 rings (SSSR count). The minimum absolute atomic E-state index is 0.135. The van der Waals surface area contributed by atoms with Gasteiger partial charge in [0, 0.05) is 26.1 Å². The molecule has 1 saturated heterocycles. The summed E-state index contributed by atoms with van der Waals surface area (Å²) in [7, 11) is 1.60. The van der Waals surface area contributed by atoms with Gasteiger partial charge in [-0.2, -0.15) is 0 Å². The van der Waals surface area contributed by atoms with Gasteiger partial charge in [-0.05, 0) is 26.7 Å². The summed E-state index contributed by atoms with van der Waals surface area (Å²) in [5.74, 6) is 0.323. The first-order valence-electron chi connectivity index (χ1n) is 5.94. The average molecular weight is 229 g/mol. The largest absolute Gasteiger partial charge is 0.390 e. The SMILES string of the molecule is COCCC(=O)N1CCCC(C(C)(C)O)C1. The molecule has 0 aromatic rings. The van der Waals surface area contributed by atoms with E-state index in [1.54, 1.807) is 7.11 Å². The number of likely N-dealkylation sites (tertiary alicyclic amines) is 1. The lowest BCUT2D eigenvalue weighted by Crippen LogP contribution is -2.47. The van der Waals surface area contributed by atoms with Crippen molar-refractivity contribution in [1.82, 2.24) is 4.90 Å². The molecule has 1 amide bonds. The van der Waals surface area contributed by atoms with Gasteiger partial charge in [0.1, 0.15) is 0 Å². The average Bonchev–Trinajstić information content (AvgIpc) is 2.25. The van der Waals surface area contributed by atoms with Gasteiger partial charge in [0.2, 0.25) is 5.91 Å². The molecule has 1 atom stereocenters. The van der Waals surface area contributed by atoms with E-state index in [-0.39, 0.29) is 11.8 Å². The lowest BCUT2D eigenvalue weighted by Gasteiger charge is -2.38. The van der Waals surface area contributed by atoms with Crippen LogP contribution in [0.1, 0.15) is 33.1 Å². The lowest BCUT2D eigenvalue weighted by molar-refractivity contribution is -0.136. The lowest BCUT2D eigenvalue weighted by atomic mass is 9.84. The molecule has 0 aromatic heterocycles. The van der Waals surface area contributed by atoms with Gasteiger partial charge in [-0.15, -0.1) is 0 Å². The Morgan fingerprint density at radius 2 is 2.25 bits per heavy atom. The normalized spacial score (nSPS) is 22.2. The standard InChI is InChI=1S/C12H23NO3/c1-12(2,15)10-5-4-7-13(9-10)11(14)6-8-16-3/h10,15H,4-9H2,1-3H3. The van der Waals surface area contributed by atoms with Crippen LogP contribution in [-0.2, 0) is 9.53 Å². The molecule has 16 heavy (non-hydrogen) atoms. The fourth-order valence-corrected chi connectivity index (χ4v) is 2.13. The molecule has 4 nitrogen and oxygen atoms in total. The van der Waals surface area contributed by atoms with Gasteiger partial charge in [-0.25, -0.2) is 0 Å². The van der Waals surface area contributed by atoms with Crippen LogP contribution >= 0.6 is 0 Å². The maximum absolute atomic E-state index is 11.8. The van der Waals surface area contributed by atoms with Gasteiger partial charge in [-0.1, -0.05) is 0 Å². The molecule has 1 fully saturated rings. The highest BCUT2D eigenvalue weighted by Crippen LogP contribution is 2.26. The quantitative estimate of drug-likeness (QED) is 0.783. The van der Waals surface area contributed by atoms with Gasteiger partial charge in [0.05, 0.1) is 18.6 Å². The number of hydrogen-bond acceptors (Lipinski definition) is 3. The van der Waals surface area contributed by atoms with Crippen molar-refractivity contribution in [2.75, 3.05) is 26.8 Å². The van der Waals surface area contributed by atoms with E-state index in [9.17, 15) is 9.90 Å². The predicted molar refractivity (Wildman–Crippen MR) is 62.1 cm³/mol. The molecule has 0 aromatic carbocycles. The Balaban J connectivity index is 2.47. The number of ether oxygens (including phenoxy) is 1. The van der Waals surface area contributed by atoms with Gasteiger partial charge in [0.25, 0.3) is 0 Å². The summed E-state index contributed by atoms with van der Waals surface area (Å²) in [4.78, 5) is 13.6. The molecule has 4 heteroatoms. The van der Waals surface area contributed by atoms with Gasteiger partial charge in [-0.3, -0.25) is 4.79 Å². The second-order valence-electron chi connectivity index (χ2n) is 5.08. The molecule has 0 radical (unpaired) electrons. The minimum Gasteiger partial charge on any atom is -0.390 e. The number of rotatable bonds is 4. The van der Waals surface area contributed by atoms with Gasteiger partial charge in [0.15, 0.2) is 0 Å². The topological polar surface area (TPSA) is 49.8 Å². The predicted octanol–water partition coefficient (Wildman–Crippen LogP) is 1.03. The number of carbonyl (C=O) groups excluding carboxylic acids is 1. The molecule has 0 aliphatic carbocycles. The Morgan fingerprint density at radius 3 is 2.81 bits per heavy atom. The number of aliphatic hydroxyl groups is 1. The minimum atomic E-state index is -0.694. The fraction of sp³-hybridized carbons (Fsp3) is 0.917. The van der Waals surface area contributed by atoms with Crippen LogP contribution < -0.4 is 0 Å². The number of amides is 1. The van der Waals surface area contributed by atoms with E-state index in [1.165, 1.54) is 0 Å². The Morgan fingerprint density at radius 1 is 1.56 bits per heavy atom. The summed E-state index contributed by atoms with van der Waals surface area (Å²) < 4.78 is 4.90. The number of piperidine rings is 1. The zero-order chi connectivity index (χ0) is 12.2. The van der Waals surface area contributed by atoms with E-state index < -0.39 is 5.60 Å². The fourth-order valence-electron chi connectivity index (χ4n) is 2.13. The van der Waals surface area contributed by atoms with Crippen LogP contribution in [0, 0.1) is 5.92 Å². The van der Waals surface area contributed by atoms with Gasteiger partial charge < -0.3 is 14.7 Å². The molecular formula is C12H23NO3. The summed E-state index contributed by atoms with van der Waals surface area (Å²) in [6.07, 6.45) is 2.42. The first-order chi connectivity index (χ1) is 7.45. The smallest absolute Gasteiger partial charge is 0.224 e. The molecule has 94 valence electrons. The maximum Gasteiger partial charge on any atom is 0.224 e. The molecule has 1 N–H and O–H groups in total. The Labute approximate surface area is 97.6 Å². The van der Waals surface area contributed by atoms with Crippen LogP contribution in [0.5, 0.6) is 0 Å². The summed E-state index contributed by atoms with van der Waals surface area (Å²) in [6, 6.07) is 0. The molecule has 1 unspecified atom stereocenters. The molecule has 0 bridgehead atoms. The van der Waals surface area contributed by atoms with E-state index in [0.29, 0.717) is 19.6 Å². The van der Waals surface area contributed by atoms with E-state index in [1.807, 2.05) is 18.7 Å². The third-order valence-electron chi connectivity index (χ3n) is 3.29. The van der Waals surface area contributed by atoms with Crippen LogP contribution in [-0.4, -0.2) is 48.3 Å². The van der Waals surface area contributed by atoms with E-state index >= 15 is 0 Å². The Kier molecular flexibility index (Phi) is 4.74. The molecule has 1 heterocycles. The van der Waals surface area contributed by atoms with Crippen molar-refractivity contribution in [2.45, 2.75) is 38.7 Å². The van der Waals surface area contributed by atoms with Crippen molar-refractivity contribution in [3.05, 3.63) is 0 Å². The summed E-state index contributed by atoms with van der Waals surface area (Å²) in [5.41, 5.74) is -0.694. The molecule has 1 aliphatic rings. The van der Waals surface area contributed by atoms with Crippen molar-refractivity contribution < 1.29 is 14.6 Å². The van der Waals surface area contributed by atoms with Crippen molar-refractivity contribution in [3.63, 3.8) is 0 Å². The molecule has 1 aliphatic heterocycles. The highest BCUT2D eigenvalue weighted by molar-refractivity contribution is 5.76. The van der Waals surface area contributed by atoms with Gasteiger partial charge >= 0.3 is 0 Å². The van der Waals surface area contributed by atoms with Crippen LogP contribution in [0.15, 0.2) is 0 Å². The van der Waals surface area contributed by atoms with Crippen LogP contribution in [0.2, 0.25) is 0 Å².